The summed E-state index contributed by atoms with van der Waals surface area (Å²) in [6.45, 7) is 1.65. The Morgan fingerprint density at radius 1 is 1.03 bits per heavy atom. The molecule has 1 amide bonds. The predicted octanol–water partition coefficient (Wildman–Crippen LogP) is 4.60. The number of fused-ring (bicyclic) bond motifs is 1. The number of anilines is 2. The number of rotatable bonds is 4. The van der Waals surface area contributed by atoms with E-state index in [0.29, 0.717) is 55.9 Å². The van der Waals surface area contributed by atoms with Gasteiger partial charge in [0.05, 0.1) is 16.8 Å². The van der Waals surface area contributed by atoms with Gasteiger partial charge in [-0.3, -0.25) is 9.59 Å². The number of hydrogen-bond donors (Lipinski definition) is 0. The van der Waals surface area contributed by atoms with Gasteiger partial charge in [-0.25, -0.2) is 0 Å². The van der Waals surface area contributed by atoms with Gasteiger partial charge in [0.25, 0.3) is 5.56 Å². The summed E-state index contributed by atoms with van der Waals surface area (Å²) in [6, 6.07) is 12.2. The van der Waals surface area contributed by atoms with Crippen molar-refractivity contribution in [1.29, 1.82) is 5.26 Å². The molecule has 0 aliphatic carbocycles. The molecule has 7 nitrogen and oxygen atoms in total. The quantitative estimate of drug-likeness (QED) is 0.513. The Balaban J connectivity index is 1.40. The monoisotopic (exact) mass is 510 g/mol. The molecule has 2 aromatic carbocycles. The van der Waals surface area contributed by atoms with Crippen LogP contribution in [0.15, 0.2) is 47.3 Å². The van der Waals surface area contributed by atoms with Crippen LogP contribution < -0.4 is 20.1 Å². The first-order valence-electron chi connectivity index (χ1n) is 12.1. The molecule has 2 aliphatic heterocycles. The van der Waals surface area contributed by atoms with Crippen LogP contribution in [0.1, 0.15) is 36.8 Å². The average Bonchev–Trinajstić information content (AvgIpc) is 3.32. The van der Waals surface area contributed by atoms with Gasteiger partial charge in [0.2, 0.25) is 5.91 Å². The maximum atomic E-state index is 13.1. The molecule has 0 bridgehead atoms. The molecule has 0 N–H and O–H groups in total. The Hall–Kier alpha value is -4.00. The van der Waals surface area contributed by atoms with E-state index in [1.54, 1.807) is 11.9 Å². The van der Waals surface area contributed by atoms with Crippen LogP contribution >= 0.6 is 0 Å². The van der Waals surface area contributed by atoms with Crippen molar-refractivity contribution in [3.63, 3.8) is 0 Å². The second kappa shape index (κ2) is 9.47. The molecule has 3 heterocycles. The largest absolute Gasteiger partial charge is 0.490 e. The summed E-state index contributed by atoms with van der Waals surface area (Å²) >= 11 is 0. The third kappa shape index (κ3) is 4.61. The molecular weight excluding hydrogens is 485 g/mol. The number of halogens is 3. The maximum absolute atomic E-state index is 13.1. The number of benzene rings is 2. The normalized spacial score (nSPS) is 16.9. The summed E-state index contributed by atoms with van der Waals surface area (Å²) in [5.74, 6) is 0.417. The van der Waals surface area contributed by atoms with Gasteiger partial charge in [-0.1, -0.05) is 0 Å². The number of ether oxygens (including phenoxy) is 1. The Bertz CT molecular complexity index is 1450. The van der Waals surface area contributed by atoms with Crippen molar-refractivity contribution in [2.75, 3.05) is 29.4 Å². The van der Waals surface area contributed by atoms with Gasteiger partial charge in [-0.15, -0.1) is 0 Å². The summed E-state index contributed by atoms with van der Waals surface area (Å²) in [5.41, 5.74) is 0.852. The van der Waals surface area contributed by atoms with Crippen LogP contribution in [0.2, 0.25) is 0 Å². The van der Waals surface area contributed by atoms with Crippen molar-refractivity contribution in [3.05, 3.63) is 63.9 Å². The van der Waals surface area contributed by atoms with Gasteiger partial charge in [-0.05, 0) is 48.9 Å². The van der Waals surface area contributed by atoms with Crippen molar-refractivity contribution in [3.8, 4) is 11.8 Å². The average molecular weight is 511 g/mol. The van der Waals surface area contributed by atoms with Crippen molar-refractivity contribution in [1.82, 2.24) is 4.57 Å². The van der Waals surface area contributed by atoms with Gasteiger partial charge in [0.1, 0.15) is 23.5 Å². The van der Waals surface area contributed by atoms with E-state index in [2.05, 4.69) is 6.07 Å². The van der Waals surface area contributed by atoms with Gasteiger partial charge in [-0.2, -0.15) is 18.4 Å². The highest BCUT2D eigenvalue weighted by atomic mass is 19.4. The van der Waals surface area contributed by atoms with Crippen LogP contribution in [0, 0.1) is 11.3 Å². The first-order valence-corrected chi connectivity index (χ1v) is 12.1. The molecular formula is C27H25F3N4O3. The Labute approximate surface area is 211 Å². The molecule has 0 atom stereocenters. The molecule has 2 fully saturated rings. The number of piperidine rings is 1. The third-order valence-electron chi connectivity index (χ3n) is 7.09. The van der Waals surface area contributed by atoms with E-state index in [9.17, 15) is 28.0 Å². The lowest BCUT2D eigenvalue weighted by Gasteiger charge is -2.35. The third-order valence-corrected chi connectivity index (χ3v) is 7.09. The first kappa shape index (κ1) is 24.7. The van der Waals surface area contributed by atoms with Gasteiger partial charge >= 0.3 is 6.18 Å². The van der Waals surface area contributed by atoms with E-state index in [0.717, 1.165) is 29.6 Å². The fourth-order valence-electron chi connectivity index (χ4n) is 5.14. The van der Waals surface area contributed by atoms with Crippen LogP contribution in [0.4, 0.5) is 24.5 Å². The molecule has 0 spiro atoms. The molecule has 0 saturated carbocycles. The zero-order chi connectivity index (χ0) is 26.3. The number of nitrogens with zero attached hydrogens (tertiary/aromatic N) is 4. The summed E-state index contributed by atoms with van der Waals surface area (Å²) in [4.78, 5) is 29.1. The predicted molar refractivity (Wildman–Crippen MR) is 133 cm³/mol. The number of alkyl halides is 3. The second-order valence-corrected chi connectivity index (χ2v) is 9.38. The minimum Gasteiger partial charge on any atom is -0.490 e. The lowest BCUT2D eigenvalue weighted by atomic mass is 10.0. The Morgan fingerprint density at radius 2 is 1.73 bits per heavy atom. The van der Waals surface area contributed by atoms with Crippen LogP contribution in [-0.4, -0.2) is 36.2 Å². The minimum atomic E-state index is -4.40. The number of aryl methyl sites for hydroxylation is 1. The van der Waals surface area contributed by atoms with Gasteiger partial charge in [0, 0.05) is 57.0 Å². The van der Waals surface area contributed by atoms with Crippen LogP contribution in [0.5, 0.6) is 5.75 Å². The standard InChI is InChI=1S/C27H25F3N4O3/c1-32-23-15-18(34-12-2-3-24(34)35)6-9-21(23)25(22(16-31)26(32)36)33-13-10-20(11-14-33)37-19-7-4-17(5-8-19)27(28,29)30/h4-9,15,20H,2-3,10-14H2,1H3. The number of carbonyl (C=O) groups is 1. The number of nitriles is 1. The van der Waals surface area contributed by atoms with Crippen molar-refractivity contribution in [2.45, 2.75) is 38.0 Å². The summed E-state index contributed by atoms with van der Waals surface area (Å²) in [5, 5.41) is 10.6. The number of amides is 1. The van der Waals surface area contributed by atoms with E-state index in [4.69, 9.17) is 4.74 Å². The van der Waals surface area contributed by atoms with Crippen LogP contribution in [0.3, 0.4) is 0 Å². The topological polar surface area (TPSA) is 78.6 Å². The molecule has 0 radical (unpaired) electrons. The van der Waals surface area contributed by atoms with Crippen LogP contribution in [0.25, 0.3) is 10.9 Å². The lowest BCUT2D eigenvalue weighted by molar-refractivity contribution is -0.137. The number of carbonyl (C=O) groups excluding carboxylic acids is 1. The summed E-state index contributed by atoms with van der Waals surface area (Å²) in [6.07, 6.45) is -2.17. The molecule has 5 rings (SSSR count). The highest BCUT2D eigenvalue weighted by Gasteiger charge is 2.31. The van der Waals surface area contributed by atoms with E-state index in [-0.39, 0.29) is 17.6 Å². The lowest BCUT2D eigenvalue weighted by Crippen LogP contribution is -2.40. The summed E-state index contributed by atoms with van der Waals surface area (Å²) in [7, 11) is 1.62. The molecule has 10 heteroatoms. The minimum absolute atomic E-state index is 0.0494. The molecule has 3 aromatic rings. The Morgan fingerprint density at radius 3 is 2.32 bits per heavy atom. The van der Waals surface area contributed by atoms with Gasteiger partial charge < -0.3 is 19.1 Å². The SMILES string of the molecule is Cn1c(=O)c(C#N)c(N2CCC(Oc3ccc(C(F)(F)F)cc3)CC2)c2ccc(N3CCCC3=O)cc21. The van der Waals surface area contributed by atoms with Gasteiger partial charge in [0.15, 0.2) is 0 Å². The molecule has 2 aliphatic rings. The second-order valence-electron chi connectivity index (χ2n) is 9.38. The fraction of sp³-hybridized carbons (Fsp3) is 0.370. The fourth-order valence-corrected chi connectivity index (χ4v) is 5.14. The maximum Gasteiger partial charge on any atom is 0.416 e. The van der Waals surface area contributed by atoms with Crippen molar-refractivity contribution < 1.29 is 22.7 Å². The molecule has 2 saturated heterocycles. The van der Waals surface area contributed by atoms with E-state index >= 15 is 0 Å². The van der Waals surface area contributed by atoms with E-state index in [1.807, 2.05) is 23.1 Å². The number of pyridine rings is 1. The zero-order valence-corrected chi connectivity index (χ0v) is 20.2. The highest BCUT2D eigenvalue weighted by Crippen LogP contribution is 2.35. The van der Waals surface area contributed by atoms with Crippen molar-refractivity contribution >= 4 is 28.2 Å². The summed E-state index contributed by atoms with van der Waals surface area (Å²) < 4.78 is 45.8. The van der Waals surface area contributed by atoms with Crippen LogP contribution in [-0.2, 0) is 18.0 Å². The molecule has 192 valence electrons. The number of aromatic nitrogens is 1. The first-order chi connectivity index (χ1) is 17.7. The molecule has 0 unspecified atom stereocenters. The molecule has 1 aromatic heterocycles. The molecule has 37 heavy (non-hydrogen) atoms. The zero-order valence-electron chi connectivity index (χ0n) is 20.2. The van der Waals surface area contributed by atoms with Crippen molar-refractivity contribution in [2.24, 2.45) is 7.05 Å². The highest BCUT2D eigenvalue weighted by molar-refractivity contribution is 6.00. The van der Waals surface area contributed by atoms with E-state index in [1.165, 1.54) is 16.7 Å². The smallest absolute Gasteiger partial charge is 0.416 e. The number of hydrogen-bond acceptors (Lipinski definition) is 5. The van der Waals surface area contributed by atoms with E-state index < -0.39 is 17.3 Å². The Kier molecular flexibility index (Phi) is 6.31.